The summed E-state index contributed by atoms with van der Waals surface area (Å²) in [4.78, 5) is 4.45. The number of phenolic OH excluding ortho intramolecular Hbond substituents is 2. The summed E-state index contributed by atoms with van der Waals surface area (Å²) in [6.45, 7) is 2.49. The van der Waals surface area contributed by atoms with E-state index in [4.69, 9.17) is 18.9 Å². The van der Waals surface area contributed by atoms with Gasteiger partial charge in [0.25, 0.3) is 0 Å². The highest BCUT2D eigenvalue weighted by molar-refractivity contribution is 5.55. The van der Waals surface area contributed by atoms with Gasteiger partial charge in [-0.25, -0.2) is 8.78 Å². The van der Waals surface area contributed by atoms with Crippen molar-refractivity contribution >= 4 is 0 Å². The Labute approximate surface area is 240 Å². The van der Waals surface area contributed by atoms with Gasteiger partial charge in [-0.2, -0.15) is 0 Å². The number of hydrogen-bond donors (Lipinski definition) is 2. The van der Waals surface area contributed by atoms with Crippen LogP contribution in [0.4, 0.5) is 8.78 Å². The number of aromatic hydroxyl groups is 2. The Morgan fingerprint density at radius 2 is 0.857 bits per heavy atom. The molecule has 0 aromatic heterocycles. The molecule has 0 aliphatic carbocycles. The number of piperazine rings is 1. The molecule has 0 radical (unpaired) electrons. The topological polar surface area (TPSA) is 83.9 Å². The number of nitrogens with zero attached hydrogens (tertiary/aromatic N) is 2. The van der Waals surface area contributed by atoms with Crippen LogP contribution in [-0.2, 0) is 0 Å². The Hall–Kier alpha value is -4.54. The molecule has 1 saturated heterocycles. The van der Waals surface area contributed by atoms with Crippen molar-refractivity contribution in [1.82, 2.24) is 9.80 Å². The smallest absolute Gasteiger partial charge is 0.231 e. The van der Waals surface area contributed by atoms with Crippen LogP contribution in [0, 0.1) is 11.6 Å². The maximum Gasteiger partial charge on any atom is 0.231 e. The van der Waals surface area contributed by atoms with Gasteiger partial charge in [0.1, 0.15) is 23.1 Å². The zero-order chi connectivity index (χ0) is 28.8. The fraction of sp³-hybridized carbons (Fsp3) is 0.250. The van der Waals surface area contributed by atoms with Gasteiger partial charge in [-0.1, -0.05) is 24.3 Å². The molecule has 2 atom stereocenters. The summed E-state index contributed by atoms with van der Waals surface area (Å²) in [5.74, 6) is 1.47. The van der Waals surface area contributed by atoms with Crippen LogP contribution >= 0.6 is 0 Å². The number of ether oxygens (including phenoxy) is 4. The molecule has 42 heavy (non-hydrogen) atoms. The highest BCUT2D eigenvalue weighted by Gasteiger charge is 2.34. The molecule has 10 heteroatoms. The number of phenols is 2. The van der Waals surface area contributed by atoms with Gasteiger partial charge in [0.15, 0.2) is 23.0 Å². The molecule has 0 unspecified atom stereocenters. The molecular formula is C32H28F2N2O6. The largest absolute Gasteiger partial charge is 0.507 e. The standard InChI is InChI=1S/C32H28F2N2O6/c33-21-5-1-19(2-6-21)31(23-13-27-29(15-25(23)37)41-17-39-27)35-9-11-36(12-10-35)32(20-3-7-22(34)8-4-20)24-14-28-30(16-26(24)38)42-18-40-28/h1-8,13-16,31-32,37-38H,9-12,17-18H2/t31-,32-/m0/s1. The van der Waals surface area contributed by atoms with Crippen molar-refractivity contribution in [3.8, 4) is 34.5 Å². The summed E-state index contributed by atoms with van der Waals surface area (Å²) in [6.07, 6.45) is 0. The first-order valence-electron chi connectivity index (χ1n) is 13.7. The van der Waals surface area contributed by atoms with E-state index >= 15 is 0 Å². The molecule has 0 amide bonds. The molecule has 4 aromatic carbocycles. The summed E-state index contributed by atoms with van der Waals surface area (Å²) in [5.41, 5.74) is 2.90. The van der Waals surface area contributed by atoms with Gasteiger partial charge < -0.3 is 29.2 Å². The minimum Gasteiger partial charge on any atom is -0.507 e. The Morgan fingerprint density at radius 1 is 0.524 bits per heavy atom. The molecule has 7 rings (SSSR count). The first kappa shape index (κ1) is 26.4. The van der Waals surface area contributed by atoms with Crippen molar-refractivity contribution in [2.24, 2.45) is 0 Å². The first-order valence-corrected chi connectivity index (χ1v) is 13.7. The second kappa shape index (κ2) is 10.7. The Morgan fingerprint density at radius 3 is 1.21 bits per heavy atom. The fourth-order valence-corrected chi connectivity index (χ4v) is 6.05. The van der Waals surface area contributed by atoms with Gasteiger partial charge in [0, 0.05) is 49.4 Å². The van der Waals surface area contributed by atoms with Gasteiger partial charge >= 0.3 is 0 Å². The lowest BCUT2D eigenvalue weighted by molar-refractivity contribution is 0.0882. The van der Waals surface area contributed by atoms with Crippen molar-refractivity contribution in [3.63, 3.8) is 0 Å². The minimum atomic E-state index is -0.384. The Bertz CT molecular complexity index is 1490. The summed E-state index contributed by atoms with van der Waals surface area (Å²) in [7, 11) is 0. The molecule has 0 bridgehead atoms. The quantitative estimate of drug-likeness (QED) is 0.320. The lowest BCUT2D eigenvalue weighted by atomic mass is 9.93. The van der Waals surface area contributed by atoms with Gasteiger partial charge in [0.05, 0.1) is 12.1 Å². The third-order valence-electron chi connectivity index (χ3n) is 8.08. The van der Waals surface area contributed by atoms with E-state index in [0.717, 1.165) is 11.1 Å². The fourth-order valence-electron chi connectivity index (χ4n) is 6.05. The minimum absolute atomic E-state index is 0.0606. The summed E-state index contributed by atoms with van der Waals surface area (Å²) in [6, 6.07) is 18.4. The normalized spacial score (nSPS) is 17.8. The van der Waals surface area contributed by atoms with Crippen molar-refractivity contribution in [2.75, 3.05) is 39.8 Å². The van der Waals surface area contributed by atoms with Crippen molar-refractivity contribution in [3.05, 3.63) is 107 Å². The summed E-state index contributed by atoms with van der Waals surface area (Å²) < 4.78 is 49.8. The monoisotopic (exact) mass is 574 g/mol. The molecule has 2 N–H and O–H groups in total. The average molecular weight is 575 g/mol. The summed E-state index contributed by atoms with van der Waals surface area (Å²) in [5, 5.41) is 22.1. The second-order valence-electron chi connectivity index (χ2n) is 10.5. The molecule has 3 aliphatic heterocycles. The van der Waals surface area contributed by atoms with Crippen LogP contribution in [0.5, 0.6) is 34.5 Å². The molecule has 0 spiro atoms. The highest BCUT2D eigenvalue weighted by atomic mass is 19.1. The van der Waals surface area contributed by atoms with E-state index < -0.39 is 0 Å². The van der Waals surface area contributed by atoms with Crippen LogP contribution in [0.15, 0.2) is 72.8 Å². The van der Waals surface area contributed by atoms with E-state index in [2.05, 4.69) is 9.80 Å². The predicted octanol–water partition coefficient (Wildman–Crippen LogP) is 5.33. The molecule has 216 valence electrons. The van der Waals surface area contributed by atoms with Crippen LogP contribution in [0.25, 0.3) is 0 Å². The first-order chi connectivity index (χ1) is 20.4. The number of halogens is 2. The van der Waals surface area contributed by atoms with E-state index in [-0.39, 0.29) is 48.8 Å². The summed E-state index contributed by atoms with van der Waals surface area (Å²) >= 11 is 0. The van der Waals surface area contributed by atoms with Crippen LogP contribution < -0.4 is 18.9 Å². The van der Waals surface area contributed by atoms with Crippen LogP contribution in [0.3, 0.4) is 0 Å². The molecule has 4 aromatic rings. The zero-order valence-corrected chi connectivity index (χ0v) is 22.5. The number of benzene rings is 4. The Kier molecular flexibility index (Phi) is 6.72. The lowest BCUT2D eigenvalue weighted by Crippen LogP contribution is -2.49. The van der Waals surface area contributed by atoms with Crippen LogP contribution in [0.2, 0.25) is 0 Å². The lowest BCUT2D eigenvalue weighted by Gasteiger charge is -2.43. The second-order valence-corrected chi connectivity index (χ2v) is 10.5. The number of fused-ring (bicyclic) bond motifs is 2. The number of rotatable bonds is 6. The van der Waals surface area contributed by atoms with Crippen molar-refractivity contribution in [2.45, 2.75) is 12.1 Å². The number of hydrogen-bond acceptors (Lipinski definition) is 8. The third-order valence-corrected chi connectivity index (χ3v) is 8.08. The zero-order valence-electron chi connectivity index (χ0n) is 22.5. The maximum atomic E-state index is 13.9. The van der Waals surface area contributed by atoms with E-state index in [1.54, 1.807) is 48.5 Å². The third kappa shape index (κ3) is 4.82. The highest BCUT2D eigenvalue weighted by Crippen LogP contribution is 2.46. The maximum absolute atomic E-state index is 13.9. The van der Waals surface area contributed by atoms with Crippen LogP contribution in [-0.4, -0.2) is 59.8 Å². The van der Waals surface area contributed by atoms with E-state index in [0.29, 0.717) is 60.3 Å². The van der Waals surface area contributed by atoms with Gasteiger partial charge in [-0.15, -0.1) is 0 Å². The average Bonchev–Trinajstić information content (AvgIpc) is 3.65. The van der Waals surface area contributed by atoms with Crippen molar-refractivity contribution < 1.29 is 37.9 Å². The van der Waals surface area contributed by atoms with Crippen molar-refractivity contribution in [1.29, 1.82) is 0 Å². The van der Waals surface area contributed by atoms with Gasteiger partial charge in [-0.05, 0) is 47.5 Å². The Balaban J connectivity index is 1.22. The molecule has 3 aliphatic rings. The molecule has 1 fully saturated rings. The molecule has 3 heterocycles. The van der Waals surface area contributed by atoms with E-state index in [1.165, 1.54) is 24.3 Å². The van der Waals surface area contributed by atoms with Gasteiger partial charge in [-0.3, -0.25) is 9.80 Å². The molecular weight excluding hydrogens is 546 g/mol. The molecule has 8 nitrogen and oxygen atoms in total. The van der Waals surface area contributed by atoms with E-state index in [9.17, 15) is 19.0 Å². The van der Waals surface area contributed by atoms with Crippen LogP contribution in [0.1, 0.15) is 34.3 Å². The molecule has 0 saturated carbocycles. The SMILES string of the molecule is Oc1cc2c(cc1[C@H](c1ccc(F)cc1)N1CCN([C@@H](c3ccc(F)cc3)c3cc4c(cc3O)OCO4)CC1)OCO2. The predicted molar refractivity (Wildman–Crippen MR) is 148 cm³/mol. The van der Waals surface area contributed by atoms with E-state index in [1.807, 2.05) is 0 Å². The van der Waals surface area contributed by atoms with Gasteiger partial charge in [0.2, 0.25) is 13.6 Å².